The average molecular weight is 467 g/mol. The Balaban J connectivity index is 1.25. The van der Waals surface area contributed by atoms with Crippen molar-refractivity contribution in [2.24, 2.45) is 11.3 Å². The number of ether oxygens (including phenoxy) is 3. The summed E-state index contributed by atoms with van der Waals surface area (Å²) < 4.78 is 18.2. The molecule has 182 valence electrons. The largest absolute Gasteiger partial charge is 0.386 e. The maximum atomic E-state index is 13.2. The highest BCUT2D eigenvalue weighted by Crippen LogP contribution is 2.67. The Morgan fingerprint density at radius 2 is 1.97 bits per heavy atom. The van der Waals surface area contributed by atoms with Gasteiger partial charge in [-0.05, 0) is 68.7 Å². The SMILES string of the molecule is CC(c1cccc2c1CCC1C2C2OC2C2(O)CC=CC(=O)C12C)C1CC2(C)OC2(C)C(O)O1. The summed E-state index contributed by atoms with van der Waals surface area (Å²) in [7, 11) is 0. The van der Waals surface area contributed by atoms with Crippen molar-refractivity contribution in [3.05, 3.63) is 47.0 Å². The van der Waals surface area contributed by atoms with E-state index in [9.17, 15) is 15.0 Å². The molecule has 0 radical (unpaired) electrons. The number of benzene rings is 1. The minimum absolute atomic E-state index is 0.0310. The zero-order valence-electron chi connectivity index (χ0n) is 20.3. The molecule has 7 rings (SSSR count). The van der Waals surface area contributed by atoms with E-state index in [1.54, 1.807) is 6.08 Å². The molecule has 4 fully saturated rings. The number of fused-ring (bicyclic) bond motifs is 9. The molecule has 6 heteroatoms. The van der Waals surface area contributed by atoms with E-state index < -0.39 is 22.9 Å². The fourth-order valence-corrected chi connectivity index (χ4v) is 8.26. The fraction of sp³-hybridized carbons (Fsp3) is 0.679. The van der Waals surface area contributed by atoms with Crippen molar-refractivity contribution in [1.82, 2.24) is 0 Å². The van der Waals surface area contributed by atoms with Crippen LogP contribution in [0.2, 0.25) is 0 Å². The molecule has 2 N–H and O–H groups in total. The molecule has 11 atom stereocenters. The molecule has 6 aliphatic rings. The second-order valence-corrected chi connectivity index (χ2v) is 12.2. The first-order valence-electron chi connectivity index (χ1n) is 12.8. The van der Waals surface area contributed by atoms with Crippen LogP contribution in [-0.4, -0.2) is 57.4 Å². The number of epoxide rings is 2. The Morgan fingerprint density at radius 3 is 2.74 bits per heavy atom. The molecule has 6 nitrogen and oxygen atoms in total. The highest BCUT2D eigenvalue weighted by Gasteiger charge is 2.75. The van der Waals surface area contributed by atoms with Gasteiger partial charge >= 0.3 is 0 Å². The van der Waals surface area contributed by atoms with Crippen LogP contribution in [0.5, 0.6) is 0 Å². The first kappa shape index (κ1) is 21.7. The normalized spacial score (nSPS) is 53.1. The second kappa shape index (κ2) is 6.40. The molecule has 1 aromatic carbocycles. The third kappa shape index (κ3) is 2.37. The number of ketones is 1. The molecule has 1 aromatic rings. The third-order valence-electron chi connectivity index (χ3n) is 10.8. The van der Waals surface area contributed by atoms with Gasteiger partial charge in [-0.1, -0.05) is 31.2 Å². The van der Waals surface area contributed by atoms with Crippen molar-refractivity contribution in [1.29, 1.82) is 0 Å². The minimum Gasteiger partial charge on any atom is -0.386 e. The third-order valence-corrected chi connectivity index (χ3v) is 10.8. The van der Waals surface area contributed by atoms with Gasteiger partial charge in [-0.3, -0.25) is 4.79 Å². The van der Waals surface area contributed by atoms with E-state index in [4.69, 9.17) is 14.2 Å². The van der Waals surface area contributed by atoms with Crippen molar-refractivity contribution < 1.29 is 29.2 Å². The van der Waals surface area contributed by atoms with Gasteiger partial charge in [0.1, 0.15) is 22.9 Å². The highest BCUT2D eigenvalue weighted by molar-refractivity contribution is 5.97. The molecular formula is C28H34O6. The summed E-state index contributed by atoms with van der Waals surface area (Å²) >= 11 is 0. The van der Waals surface area contributed by atoms with Crippen LogP contribution in [0, 0.1) is 11.3 Å². The van der Waals surface area contributed by atoms with E-state index in [2.05, 4.69) is 32.0 Å². The molecule has 3 heterocycles. The lowest BCUT2D eigenvalue weighted by atomic mass is 9.47. The smallest absolute Gasteiger partial charge is 0.186 e. The minimum atomic E-state index is -1.12. The molecular weight excluding hydrogens is 432 g/mol. The average Bonchev–Trinajstić information content (AvgIpc) is 3.70. The number of hydrogen-bond donors (Lipinski definition) is 2. The van der Waals surface area contributed by atoms with Crippen molar-refractivity contribution in [2.45, 2.75) is 107 Å². The summed E-state index contributed by atoms with van der Waals surface area (Å²) in [4.78, 5) is 13.2. The monoisotopic (exact) mass is 466 g/mol. The van der Waals surface area contributed by atoms with Crippen LogP contribution in [0.25, 0.3) is 0 Å². The summed E-state index contributed by atoms with van der Waals surface area (Å²) in [6.45, 7) is 8.13. The molecule has 0 spiro atoms. The van der Waals surface area contributed by atoms with Gasteiger partial charge in [-0.2, -0.15) is 0 Å². The van der Waals surface area contributed by atoms with Crippen LogP contribution in [0.15, 0.2) is 30.4 Å². The quantitative estimate of drug-likeness (QED) is 0.651. The number of aliphatic hydroxyl groups excluding tert-OH is 1. The summed E-state index contributed by atoms with van der Waals surface area (Å²) in [6.07, 6.45) is 5.02. The van der Waals surface area contributed by atoms with Gasteiger partial charge < -0.3 is 24.4 Å². The Hall–Kier alpha value is -1.57. The lowest BCUT2D eigenvalue weighted by Gasteiger charge is -2.55. The van der Waals surface area contributed by atoms with Crippen LogP contribution in [0.1, 0.15) is 75.5 Å². The van der Waals surface area contributed by atoms with Gasteiger partial charge in [0.05, 0.1) is 17.6 Å². The van der Waals surface area contributed by atoms with Gasteiger partial charge in [-0.15, -0.1) is 0 Å². The number of aliphatic hydroxyl groups is 2. The van der Waals surface area contributed by atoms with Crippen molar-refractivity contribution in [2.75, 3.05) is 0 Å². The number of rotatable bonds is 2. The molecule has 1 saturated carbocycles. The maximum absolute atomic E-state index is 13.2. The van der Waals surface area contributed by atoms with Crippen LogP contribution >= 0.6 is 0 Å². The van der Waals surface area contributed by atoms with Gasteiger partial charge in [0.15, 0.2) is 12.1 Å². The molecule has 3 aliphatic heterocycles. The van der Waals surface area contributed by atoms with E-state index in [-0.39, 0.29) is 47.4 Å². The predicted molar refractivity (Wildman–Crippen MR) is 123 cm³/mol. The lowest BCUT2D eigenvalue weighted by molar-refractivity contribution is -0.187. The van der Waals surface area contributed by atoms with Gasteiger partial charge in [0, 0.05) is 18.3 Å². The lowest BCUT2D eigenvalue weighted by Crippen LogP contribution is -2.65. The molecule has 0 bridgehead atoms. The fourth-order valence-electron chi connectivity index (χ4n) is 8.26. The van der Waals surface area contributed by atoms with Crippen molar-refractivity contribution in [3.8, 4) is 0 Å². The molecule has 3 saturated heterocycles. The zero-order chi connectivity index (χ0) is 23.8. The standard InChI is InChI=1S/C28H34O6/c1-14(19-13-25(2)27(4,34-25)24(30)32-19)15-7-5-8-17-16(15)10-11-18-21(17)22-23(33-22)28(31)12-6-9-20(29)26(18,28)3/h5-9,14,18-19,21-24,30-31H,10-13H2,1-4H3. The van der Waals surface area contributed by atoms with Crippen LogP contribution in [-0.2, 0) is 25.4 Å². The zero-order valence-corrected chi connectivity index (χ0v) is 20.3. The van der Waals surface area contributed by atoms with Crippen LogP contribution in [0.4, 0.5) is 0 Å². The molecule has 0 amide bonds. The molecule has 11 unspecified atom stereocenters. The summed E-state index contributed by atoms with van der Waals surface area (Å²) in [5.74, 6) is 0.276. The number of allylic oxidation sites excluding steroid dienone is 1. The van der Waals surface area contributed by atoms with Crippen molar-refractivity contribution >= 4 is 5.78 Å². The van der Waals surface area contributed by atoms with Crippen LogP contribution in [0.3, 0.4) is 0 Å². The molecule has 34 heavy (non-hydrogen) atoms. The number of carbonyl (C=O) groups excluding carboxylic acids is 1. The van der Waals surface area contributed by atoms with E-state index in [1.165, 1.54) is 16.7 Å². The summed E-state index contributed by atoms with van der Waals surface area (Å²) in [6, 6.07) is 6.48. The van der Waals surface area contributed by atoms with E-state index in [1.807, 2.05) is 19.9 Å². The highest BCUT2D eigenvalue weighted by atomic mass is 16.7. The molecule has 3 aliphatic carbocycles. The second-order valence-electron chi connectivity index (χ2n) is 12.2. The Kier molecular flexibility index (Phi) is 4.08. The Morgan fingerprint density at radius 1 is 1.18 bits per heavy atom. The van der Waals surface area contributed by atoms with Gasteiger partial charge in [0.2, 0.25) is 0 Å². The number of carbonyl (C=O) groups is 1. The first-order valence-corrected chi connectivity index (χ1v) is 12.8. The first-order chi connectivity index (χ1) is 16.1. The summed E-state index contributed by atoms with van der Waals surface area (Å²) in [5, 5.41) is 22.3. The van der Waals surface area contributed by atoms with E-state index in [0.717, 1.165) is 19.3 Å². The number of hydrogen-bond acceptors (Lipinski definition) is 6. The predicted octanol–water partition coefficient (Wildman–Crippen LogP) is 3.14. The van der Waals surface area contributed by atoms with Crippen LogP contribution < -0.4 is 0 Å². The topological polar surface area (TPSA) is 91.8 Å². The summed E-state index contributed by atoms with van der Waals surface area (Å²) in [5.41, 5.74) is 0.920. The van der Waals surface area contributed by atoms with E-state index in [0.29, 0.717) is 6.42 Å². The van der Waals surface area contributed by atoms with Crippen molar-refractivity contribution in [3.63, 3.8) is 0 Å². The van der Waals surface area contributed by atoms with Gasteiger partial charge in [0.25, 0.3) is 0 Å². The van der Waals surface area contributed by atoms with Gasteiger partial charge in [-0.25, -0.2) is 0 Å². The molecule has 0 aromatic heterocycles. The Labute approximate surface area is 200 Å². The van der Waals surface area contributed by atoms with E-state index >= 15 is 0 Å². The maximum Gasteiger partial charge on any atom is 0.186 e. The Bertz CT molecular complexity index is 1130.